The van der Waals surface area contributed by atoms with Crippen LogP contribution in [-0.2, 0) is 0 Å². The quantitative estimate of drug-likeness (QED) is 0.885. The number of hydrogen-bond acceptors (Lipinski definition) is 4. The number of hydrogen-bond donors (Lipinski definition) is 2. The first kappa shape index (κ1) is 12.8. The van der Waals surface area contributed by atoms with Gasteiger partial charge in [0.2, 0.25) is 0 Å². The number of aromatic nitrogens is 2. The van der Waals surface area contributed by atoms with Gasteiger partial charge in [0.1, 0.15) is 5.75 Å². The second-order valence-electron chi connectivity index (χ2n) is 3.87. The zero-order valence-corrected chi connectivity index (χ0v) is 10.7. The molecule has 0 radical (unpaired) electrons. The Labute approximate surface area is 110 Å². The molecule has 0 saturated heterocycles. The molecule has 6 heteroatoms. The van der Waals surface area contributed by atoms with E-state index in [1.54, 1.807) is 0 Å². The van der Waals surface area contributed by atoms with Crippen LogP contribution in [0.15, 0.2) is 36.7 Å². The van der Waals surface area contributed by atoms with Crippen LogP contribution >= 0.6 is 0 Å². The van der Waals surface area contributed by atoms with E-state index in [1.165, 1.54) is 19.4 Å². The molecule has 2 aromatic rings. The number of ether oxygens (including phenoxy) is 1. The first-order valence-electron chi connectivity index (χ1n) is 5.72. The zero-order valence-electron chi connectivity index (χ0n) is 10.7. The average molecular weight is 258 g/mol. The second kappa shape index (κ2) is 5.81. The molecule has 2 N–H and O–H groups in total. The van der Waals surface area contributed by atoms with E-state index >= 15 is 0 Å². The van der Waals surface area contributed by atoms with Crippen molar-refractivity contribution < 1.29 is 9.53 Å². The zero-order chi connectivity index (χ0) is 13.7. The fraction of sp³-hybridized carbons (Fsp3) is 0.154. The van der Waals surface area contributed by atoms with Crippen molar-refractivity contribution in [1.29, 1.82) is 0 Å². The lowest BCUT2D eigenvalue weighted by molar-refractivity contribution is 0.254. The van der Waals surface area contributed by atoms with E-state index in [9.17, 15) is 4.79 Å². The van der Waals surface area contributed by atoms with Gasteiger partial charge in [0.05, 0.1) is 18.1 Å². The van der Waals surface area contributed by atoms with E-state index in [0.29, 0.717) is 11.4 Å². The van der Waals surface area contributed by atoms with Crippen molar-refractivity contribution in [3.63, 3.8) is 0 Å². The first-order chi connectivity index (χ1) is 9.17. The van der Waals surface area contributed by atoms with E-state index in [0.717, 1.165) is 5.56 Å². The molecule has 1 aromatic heterocycles. The minimum Gasteiger partial charge on any atom is -0.424 e. The fourth-order valence-corrected chi connectivity index (χ4v) is 1.34. The van der Waals surface area contributed by atoms with Crippen molar-refractivity contribution in [2.45, 2.75) is 6.92 Å². The van der Waals surface area contributed by atoms with Crippen LogP contribution in [0.1, 0.15) is 5.56 Å². The molecule has 2 rings (SSSR count). The highest BCUT2D eigenvalue weighted by molar-refractivity contribution is 5.88. The predicted molar refractivity (Wildman–Crippen MR) is 71.4 cm³/mol. The minimum absolute atomic E-state index is 0.228. The van der Waals surface area contributed by atoms with Crippen molar-refractivity contribution in [2.24, 2.45) is 0 Å². The van der Waals surface area contributed by atoms with Crippen molar-refractivity contribution >= 4 is 11.7 Å². The van der Waals surface area contributed by atoms with Gasteiger partial charge in [-0.15, -0.1) is 0 Å². The lowest BCUT2D eigenvalue weighted by Gasteiger charge is -2.06. The number of carbonyl (C=O) groups is 1. The second-order valence-corrected chi connectivity index (χ2v) is 3.87. The normalized spacial score (nSPS) is 9.79. The Bertz CT molecular complexity index is 552. The third kappa shape index (κ3) is 3.67. The lowest BCUT2D eigenvalue weighted by Crippen LogP contribution is -2.24. The van der Waals surface area contributed by atoms with Gasteiger partial charge < -0.3 is 15.4 Å². The average Bonchev–Trinajstić information content (AvgIpc) is 2.43. The van der Waals surface area contributed by atoms with Crippen LogP contribution in [0.5, 0.6) is 11.8 Å². The number of anilines is 1. The summed E-state index contributed by atoms with van der Waals surface area (Å²) in [5.74, 6) is 0.664. The highest BCUT2D eigenvalue weighted by atomic mass is 16.5. The maximum atomic E-state index is 11.1. The molecule has 0 unspecified atom stereocenters. The van der Waals surface area contributed by atoms with Crippen molar-refractivity contribution in [3.05, 3.63) is 42.2 Å². The largest absolute Gasteiger partial charge is 0.424 e. The smallest absolute Gasteiger partial charge is 0.322 e. The topological polar surface area (TPSA) is 76.1 Å². The van der Waals surface area contributed by atoms with Gasteiger partial charge in [-0.2, -0.15) is 0 Å². The van der Waals surface area contributed by atoms with E-state index in [2.05, 4.69) is 20.6 Å². The Hall–Kier alpha value is -2.63. The Kier molecular flexibility index (Phi) is 3.92. The molecule has 0 atom stereocenters. The summed E-state index contributed by atoms with van der Waals surface area (Å²) in [5, 5.41) is 5.00. The van der Waals surface area contributed by atoms with Gasteiger partial charge in [-0.25, -0.2) is 14.8 Å². The molecule has 98 valence electrons. The predicted octanol–water partition coefficient (Wildman–Crippen LogP) is 2.33. The molecule has 0 aliphatic carbocycles. The molecule has 0 aliphatic heterocycles. The summed E-state index contributed by atoms with van der Waals surface area (Å²) in [6.45, 7) is 2.00. The fourth-order valence-electron chi connectivity index (χ4n) is 1.34. The number of nitrogens with zero attached hydrogens (tertiary/aromatic N) is 2. The maximum Gasteiger partial charge on any atom is 0.322 e. The summed E-state index contributed by atoms with van der Waals surface area (Å²) < 4.78 is 5.47. The van der Waals surface area contributed by atoms with E-state index < -0.39 is 0 Å². The SMILES string of the molecule is CNC(=O)Nc1cnc(Oc2ccc(C)cc2)nc1. The molecular formula is C13H14N4O2. The summed E-state index contributed by atoms with van der Waals surface area (Å²) in [5.41, 5.74) is 1.65. The molecule has 0 saturated carbocycles. The maximum absolute atomic E-state index is 11.1. The van der Waals surface area contributed by atoms with Crippen LogP contribution in [0.3, 0.4) is 0 Å². The van der Waals surface area contributed by atoms with Gasteiger partial charge in [-0.1, -0.05) is 17.7 Å². The van der Waals surface area contributed by atoms with Crippen LogP contribution in [-0.4, -0.2) is 23.0 Å². The van der Waals surface area contributed by atoms with Crippen molar-refractivity contribution in [3.8, 4) is 11.8 Å². The molecular weight excluding hydrogens is 244 g/mol. The third-order valence-electron chi connectivity index (χ3n) is 2.34. The summed E-state index contributed by atoms with van der Waals surface area (Å²) in [6.07, 6.45) is 2.96. The lowest BCUT2D eigenvalue weighted by atomic mass is 10.2. The van der Waals surface area contributed by atoms with Crippen molar-refractivity contribution in [2.75, 3.05) is 12.4 Å². The van der Waals surface area contributed by atoms with Crippen LogP contribution in [0.25, 0.3) is 0 Å². The Morgan fingerprint density at radius 3 is 2.37 bits per heavy atom. The molecule has 2 amide bonds. The molecule has 0 bridgehead atoms. The summed E-state index contributed by atoms with van der Waals surface area (Å²) in [7, 11) is 1.53. The number of amides is 2. The van der Waals surface area contributed by atoms with E-state index in [1.807, 2.05) is 31.2 Å². The van der Waals surface area contributed by atoms with Gasteiger partial charge in [0, 0.05) is 7.05 Å². The van der Waals surface area contributed by atoms with Gasteiger partial charge in [0.15, 0.2) is 0 Å². The summed E-state index contributed by atoms with van der Waals surface area (Å²) in [6, 6.07) is 7.47. The van der Waals surface area contributed by atoms with Crippen LogP contribution < -0.4 is 15.4 Å². The Morgan fingerprint density at radius 2 is 1.79 bits per heavy atom. The molecule has 6 nitrogen and oxygen atoms in total. The molecule has 0 fully saturated rings. The first-order valence-corrected chi connectivity index (χ1v) is 5.72. The molecule has 19 heavy (non-hydrogen) atoms. The van der Waals surface area contributed by atoms with E-state index in [4.69, 9.17) is 4.74 Å². The van der Waals surface area contributed by atoms with Crippen LogP contribution in [0.4, 0.5) is 10.5 Å². The third-order valence-corrected chi connectivity index (χ3v) is 2.34. The number of nitrogens with one attached hydrogen (secondary N) is 2. The van der Waals surface area contributed by atoms with Gasteiger partial charge in [-0.3, -0.25) is 0 Å². The summed E-state index contributed by atoms with van der Waals surface area (Å²) >= 11 is 0. The monoisotopic (exact) mass is 258 g/mol. The summed E-state index contributed by atoms with van der Waals surface area (Å²) in [4.78, 5) is 19.1. The van der Waals surface area contributed by atoms with Crippen LogP contribution in [0.2, 0.25) is 0 Å². The Morgan fingerprint density at radius 1 is 1.16 bits per heavy atom. The minimum atomic E-state index is -0.323. The van der Waals surface area contributed by atoms with Gasteiger partial charge >= 0.3 is 12.0 Å². The molecule has 0 spiro atoms. The number of aryl methyl sites for hydroxylation is 1. The number of urea groups is 1. The Balaban J connectivity index is 2.02. The number of benzene rings is 1. The highest BCUT2D eigenvalue weighted by Gasteiger charge is 2.02. The van der Waals surface area contributed by atoms with Crippen molar-refractivity contribution in [1.82, 2.24) is 15.3 Å². The highest BCUT2D eigenvalue weighted by Crippen LogP contribution is 2.18. The van der Waals surface area contributed by atoms with E-state index in [-0.39, 0.29) is 12.0 Å². The number of rotatable bonds is 3. The standard InChI is InChI=1S/C13H14N4O2/c1-9-3-5-11(6-4-9)19-13-15-7-10(8-16-13)17-12(18)14-2/h3-8H,1-2H3,(H2,14,17,18). The molecule has 1 heterocycles. The van der Waals surface area contributed by atoms with Crippen LogP contribution in [0, 0.1) is 6.92 Å². The van der Waals surface area contributed by atoms with Gasteiger partial charge in [0.25, 0.3) is 0 Å². The van der Waals surface area contributed by atoms with Gasteiger partial charge in [-0.05, 0) is 19.1 Å². The molecule has 1 aromatic carbocycles. The molecule has 0 aliphatic rings. The number of carbonyl (C=O) groups excluding carboxylic acids is 1.